The number of nitrogens with zero attached hydrogens (tertiary/aromatic N) is 4. The fourth-order valence-electron chi connectivity index (χ4n) is 2.20. The Labute approximate surface area is 110 Å². The monoisotopic (exact) mass is 254 g/mol. The lowest BCUT2D eigenvalue weighted by Gasteiger charge is -2.13. The Balaban J connectivity index is 2.15. The zero-order valence-electron chi connectivity index (χ0n) is 10.8. The van der Waals surface area contributed by atoms with Crippen LogP contribution in [-0.2, 0) is 7.05 Å². The van der Waals surface area contributed by atoms with Gasteiger partial charge in [0.1, 0.15) is 0 Å². The first kappa shape index (κ1) is 11.6. The van der Waals surface area contributed by atoms with Gasteiger partial charge in [-0.15, -0.1) is 0 Å². The average molecular weight is 254 g/mol. The Kier molecular flexibility index (Phi) is 2.67. The number of fused-ring (bicyclic) bond motifs is 1. The molecule has 5 nitrogen and oxygen atoms in total. The van der Waals surface area contributed by atoms with Crippen LogP contribution in [0, 0.1) is 0 Å². The van der Waals surface area contributed by atoms with Crippen molar-refractivity contribution in [2.75, 3.05) is 0 Å². The van der Waals surface area contributed by atoms with E-state index in [9.17, 15) is 4.79 Å². The molecule has 0 amide bonds. The summed E-state index contributed by atoms with van der Waals surface area (Å²) in [5.41, 5.74) is 1.35. The van der Waals surface area contributed by atoms with Crippen molar-refractivity contribution in [3.05, 3.63) is 58.6 Å². The third kappa shape index (κ3) is 1.93. The quantitative estimate of drug-likeness (QED) is 0.700. The van der Waals surface area contributed by atoms with Crippen LogP contribution in [0.5, 0.6) is 0 Å². The smallest absolute Gasteiger partial charge is 0.274 e. The first-order chi connectivity index (χ1) is 9.16. The van der Waals surface area contributed by atoms with E-state index in [1.807, 2.05) is 37.3 Å². The molecular formula is C14H14N4O. The summed E-state index contributed by atoms with van der Waals surface area (Å²) >= 11 is 0. The topological polar surface area (TPSA) is 52.7 Å². The zero-order chi connectivity index (χ0) is 13.4. The third-order valence-electron chi connectivity index (χ3n) is 3.24. The van der Waals surface area contributed by atoms with E-state index < -0.39 is 0 Å². The maximum Gasteiger partial charge on any atom is 0.295 e. The highest BCUT2D eigenvalue weighted by atomic mass is 16.1. The van der Waals surface area contributed by atoms with Crippen LogP contribution in [0.3, 0.4) is 0 Å². The minimum Gasteiger partial charge on any atom is -0.274 e. The van der Waals surface area contributed by atoms with Crippen molar-refractivity contribution >= 4 is 10.9 Å². The molecule has 0 aliphatic carbocycles. The maximum atomic E-state index is 12.4. The van der Waals surface area contributed by atoms with Crippen LogP contribution in [0.1, 0.15) is 18.5 Å². The number of hydrogen-bond donors (Lipinski definition) is 0. The van der Waals surface area contributed by atoms with Gasteiger partial charge in [0.2, 0.25) is 0 Å². The van der Waals surface area contributed by atoms with Crippen LogP contribution in [0.2, 0.25) is 0 Å². The van der Waals surface area contributed by atoms with Gasteiger partial charge in [-0.2, -0.15) is 10.2 Å². The Morgan fingerprint density at radius 3 is 2.68 bits per heavy atom. The third-order valence-corrected chi connectivity index (χ3v) is 3.24. The average Bonchev–Trinajstić information content (AvgIpc) is 2.81. The molecule has 3 rings (SSSR count). The molecule has 0 fully saturated rings. The van der Waals surface area contributed by atoms with Crippen molar-refractivity contribution < 1.29 is 0 Å². The second-order valence-corrected chi connectivity index (χ2v) is 4.59. The molecule has 19 heavy (non-hydrogen) atoms. The first-order valence-corrected chi connectivity index (χ1v) is 6.13. The van der Waals surface area contributed by atoms with E-state index in [0.717, 1.165) is 10.9 Å². The van der Waals surface area contributed by atoms with Crippen molar-refractivity contribution in [1.29, 1.82) is 0 Å². The molecule has 3 aromatic rings. The van der Waals surface area contributed by atoms with Gasteiger partial charge < -0.3 is 0 Å². The molecule has 2 aromatic heterocycles. The van der Waals surface area contributed by atoms with Crippen LogP contribution in [0.4, 0.5) is 0 Å². The van der Waals surface area contributed by atoms with Crippen molar-refractivity contribution in [3.8, 4) is 0 Å². The lowest BCUT2D eigenvalue weighted by Crippen LogP contribution is -2.26. The number of rotatable bonds is 2. The summed E-state index contributed by atoms with van der Waals surface area (Å²) in [4.78, 5) is 12.4. The van der Waals surface area contributed by atoms with Crippen LogP contribution < -0.4 is 5.56 Å². The highest BCUT2D eigenvalue weighted by Crippen LogP contribution is 2.15. The van der Waals surface area contributed by atoms with E-state index in [2.05, 4.69) is 10.2 Å². The van der Waals surface area contributed by atoms with Gasteiger partial charge in [0.05, 0.1) is 12.2 Å². The molecule has 1 aromatic carbocycles. The van der Waals surface area contributed by atoms with E-state index in [1.165, 1.54) is 4.68 Å². The van der Waals surface area contributed by atoms with Gasteiger partial charge in [0.25, 0.3) is 5.56 Å². The number of aryl methyl sites for hydroxylation is 1. The maximum absolute atomic E-state index is 12.4. The molecule has 0 saturated carbocycles. The van der Waals surface area contributed by atoms with E-state index >= 15 is 0 Å². The predicted octanol–water partition coefficient (Wildman–Crippen LogP) is 1.74. The van der Waals surface area contributed by atoms with Crippen molar-refractivity contribution in [1.82, 2.24) is 19.6 Å². The summed E-state index contributed by atoms with van der Waals surface area (Å²) in [5.74, 6) is 0. The zero-order valence-corrected chi connectivity index (χ0v) is 10.8. The Hall–Kier alpha value is -2.43. The summed E-state index contributed by atoms with van der Waals surface area (Å²) in [6, 6.07) is 9.73. The summed E-state index contributed by atoms with van der Waals surface area (Å²) in [5, 5.41) is 9.21. The van der Waals surface area contributed by atoms with Gasteiger partial charge >= 0.3 is 0 Å². The Morgan fingerprint density at radius 2 is 1.95 bits per heavy atom. The van der Waals surface area contributed by atoms with Crippen LogP contribution in [0.15, 0.2) is 47.5 Å². The van der Waals surface area contributed by atoms with E-state index in [0.29, 0.717) is 5.52 Å². The van der Waals surface area contributed by atoms with Gasteiger partial charge in [-0.1, -0.05) is 30.3 Å². The van der Waals surface area contributed by atoms with E-state index in [-0.39, 0.29) is 11.6 Å². The summed E-state index contributed by atoms with van der Waals surface area (Å²) in [7, 11) is 1.80. The van der Waals surface area contributed by atoms with E-state index in [1.54, 1.807) is 24.1 Å². The largest absolute Gasteiger partial charge is 0.295 e. The highest BCUT2D eigenvalue weighted by molar-refractivity contribution is 5.75. The number of hydrogen-bond acceptors (Lipinski definition) is 3. The normalized spacial score (nSPS) is 12.7. The molecule has 96 valence electrons. The van der Waals surface area contributed by atoms with Crippen molar-refractivity contribution in [2.45, 2.75) is 13.0 Å². The second kappa shape index (κ2) is 4.35. The highest BCUT2D eigenvalue weighted by Gasteiger charge is 2.14. The van der Waals surface area contributed by atoms with Gasteiger partial charge in [-0.25, -0.2) is 4.68 Å². The standard InChI is InChI=1S/C14H14N4O/c1-10(11-6-4-3-5-7-11)18-14(19)13-12(8-15-18)9-17(2)16-13/h3-10H,1-2H3. The molecule has 0 aliphatic heterocycles. The van der Waals surface area contributed by atoms with E-state index in [4.69, 9.17) is 0 Å². The molecule has 0 bridgehead atoms. The predicted molar refractivity (Wildman–Crippen MR) is 73.0 cm³/mol. The van der Waals surface area contributed by atoms with Crippen molar-refractivity contribution in [3.63, 3.8) is 0 Å². The minimum absolute atomic E-state index is 0.111. The molecule has 0 saturated heterocycles. The van der Waals surface area contributed by atoms with Gasteiger partial charge in [-0.3, -0.25) is 9.48 Å². The van der Waals surface area contributed by atoms with Crippen LogP contribution >= 0.6 is 0 Å². The van der Waals surface area contributed by atoms with Crippen LogP contribution in [-0.4, -0.2) is 19.6 Å². The molecule has 2 heterocycles. The minimum atomic E-state index is -0.158. The summed E-state index contributed by atoms with van der Waals surface area (Å²) < 4.78 is 3.11. The lowest BCUT2D eigenvalue weighted by atomic mass is 10.1. The molecule has 0 spiro atoms. The first-order valence-electron chi connectivity index (χ1n) is 6.13. The molecule has 0 aliphatic rings. The second-order valence-electron chi connectivity index (χ2n) is 4.59. The molecule has 1 unspecified atom stereocenters. The molecule has 5 heteroatoms. The molecule has 1 atom stereocenters. The number of benzene rings is 1. The van der Waals surface area contributed by atoms with Crippen LogP contribution in [0.25, 0.3) is 10.9 Å². The SMILES string of the molecule is CC(c1ccccc1)n1ncc2cn(C)nc2c1=O. The van der Waals surface area contributed by atoms with Gasteiger partial charge in [0.15, 0.2) is 5.52 Å². The summed E-state index contributed by atoms with van der Waals surface area (Å²) in [6.07, 6.45) is 3.48. The Morgan fingerprint density at radius 1 is 1.21 bits per heavy atom. The number of aromatic nitrogens is 4. The fourth-order valence-corrected chi connectivity index (χ4v) is 2.20. The van der Waals surface area contributed by atoms with Gasteiger partial charge in [0, 0.05) is 18.6 Å². The Bertz CT molecular complexity index is 773. The lowest BCUT2D eigenvalue weighted by molar-refractivity contribution is 0.536. The summed E-state index contributed by atoms with van der Waals surface area (Å²) in [6.45, 7) is 1.96. The molecular weight excluding hydrogens is 240 g/mol. The van der Waals surface area contributed by atoms with Gasteiger partial charge in [-0.05, 0) is 12.5 Å². The fraction of sp³-hybridized carbons (Fsp3) is 0.214. The molecule has 0 radical (unpaired) electrons. The van der Waals surface area contributed by atoms with Crippen molar-refractivity contribution in [2.24, 2.45) is 7.05 Å². The molecule has 0 N–H and O–H groups in total.